The molecule has 0 bridgehead atoms. The van der Waals surface area contributed by atoms with Crippen LogP contribution in [0.1, 0.15) is 42.6 Å². The van der Waals surface area contributed by atoms with E-state index in [-0.39, 0.29) is 17.3 Å². The lowest BCUT2D eigenvalue weighted by Gasteiger charge is -2.38. The molecule has 0 aliphatic carbocycles. The first-order valence-corrected chi connectivity index (χ1v) is 10.7. The first kappa shape index (κ1) is 21.8. The topological polar surface area (TPSA) is 39.1 Å². The fourth-order valence-corrected chi connectivity index (χ4v) is 4.51. The van der Waals surface area contributed by atoms with E-state index in [1.807, 2.05) is 38.1 Å². The number of halogens is 3. The van der Waals surface area contributed by atoms with Gasteiger partial charge in [-0.15, -0.1) is 0 Å². The summed E-state index contributed by atoms with van der Waals surface area (Å²) in [5.74, 6) is -0.247. The third-order valence-corrected chi connectivity index (χ3v) is 6.22. The molecule has 0 saturated carbocycles. The van der Waals surface area contributed by atoms with Gasteiger partial charge in [0.15, 0.2) is 0 Å². The number of benzene rings is 2. The Labute approximate surface area is 180 Å². The largest absolute Gasteiger partial charge is 0.373 e. The number of fused-ring (bicyclic) bond motifs is 1. The van der Waals surface area contributed by atoms with E-state index in [9.17, 15) is 13.2 Å². The first-order chi connectivity index (χ1) is 14.9. The van der Waals surface area contributed by atoms with Gasteiger partial charge < -0.3 is 10.1 Å². The van der Waals surface area contributed by atoms with Crippen molar-refractivity contribution < 1.29 is 17.9 Å². The van der Waals surface area contributed by atoms with Gasteiger partial charge in [0, 0.05) is 22.6 Å². The molecule has 31 heavy (non-hydrogen) atoms. The van der Waals surface area contributed by atoms with Gasteiger partial charge in [0.1, 0.15) is 12.4 Å². The van der Waals surface area contributed by atoms with Crippen LogP contribution in [0.2, 0.25) is 0 Å². The first-order valence-electron chi connectivity index (χ1n) is 10.7. The molecule has 2 aromatic carbocycles. The van der Waals surface area contributed by atoms with Crippen molar-refractivity contribution in [2.45, 2.75) is 51.2 Å². The molecule has 1 aromatic heterocycles. The fourth-order valence-electron chi connectivity index (χ4n) is 4.51. The number of alkyl halides is 2. The van der Waals surface area contributed by atoms with E-state index in [0.29, 0.717) is 12.1 Å². The Morgan fingerprint density at radius 1 is 1.16 bits per heavy atom. The molecule has 1 aliphatic heterocycles. The Morgan fingerprint density at radius 3 is 2.55 bits per heavy atom. The zero-order valence-corrected chi connectivity index (χ0v) is 17.9. The monoisotopic (exact) mass is 431 g/mol. The SMILES string of the molecule is Cc1cc(C(C)OCC2(c3ccc(F)cc3)CCNCC2)c2nn(CC(F)F)cc2c1. The number of hydrogen-bond acceptors (Lipinski definition) is 3. The molecule has 1 saturated heterocycles. The van der Waals surface area contributed by atoms with E-state index in [1.165, 1.54) is 16.8 Å². The van der Waals surface area contributed by atoms with Crippen LogP contribution in [0.5, 0.6) is 0 Å². The summed E-state index contributed by atoms with van der Waals surface area (Å²) >= 11 is 0. The Morgan fingerprint density at radius 2 is 1.87 bits per heavy atom. The van der Waals surface area contributed by atoms with Gasteiger partial charge >= 0.3 is 0 Å². The molecule has 2 heterocycles. The number of aryl methyl sites for hydroxylation is 1. The summed E-state index contributed by atoms with van der Waals surface area (Å²) < 4.78 is 46.8. The van der Waals surface area contributed by atoms with E-state index < -0.39 is 13.0 Å². The highest BCUT2D eigenvalue weighted by atomic mass is 19.3. The minimum atomic E-state index is -2.46. The Bertz CT molecular complexity index is 1030. The van der Waals surface area contributed by atoms with Gasteiger partial charge in [0.2, 0.25) is 0 Å². The van der Waals surface area contributed by atoms with Gasteiger partial charge in [-0.05, 0) is 69.1 Å². The second-order valence-electron chi connectivity index (χ2n) is 8.52. The Hall–Kier alpha value is -2.38. The Kier molecular flexibility index (Phi) is 6.34. The van der Waals surface area contributed by atoms with Crippen LogP contribution < -0.4 is 5.32 Å². The highest BCUT2D eigenvalue weighted by molar-refractivity contribution is 5.82. The van der Waals surface area contributed by atoms with Crippen molar-refractivity contribution >= 4 is 10.9 Å². The molecular weight excluding hydrogens is 403 g/mol. The lowest BCUT2D eigenvalue weighted by atomic mass is 9.74. The molecule has 4 rings (SSSR count). The maximum atomic E-state index is 13.5. The molecule has 1 aliphatic rings. The number of nitrogens with one attached hydrogen (secondary N) is 1. The highest BCUT2D eigenvalue weighted by Crippen LogP contribution is 2.36. The van der Waals surface area contributed by atoms with Crippen LogP contribution in [0.25, 0.3) is 10.9 Å². The lowest BCUT2D eigenvalue weighted by Crippen LogP contribution is -2.43. The molecule has 1 N–H and O–H groups in total. The molecule has 1 fully saturated rings. The van der Waals surface area contributed by atoms with Crippen molar-refractivity contribution in [1.29, 1.82) is 0 Å². The Balaban J connectivity index is 1.59. The summed E-state index contributed by atoms with van der Waals surface area (Å²) in [6, 6.07) is 10.7. The van der Waals surface area contributed by atoms with Crippen molar-refractivity contribution in [3.05, 3.63) is 65.1 Å². The highest BCUT2D eigenvalue weighted by Gasteiger charge is 2.35. The summed E-state index contributed by atoms with van der Waals surface area (Å²) in [5, 5.41) is 8.62. The summed E-state index contributed by atoms with van der Waals surface area (Å²) in [7, 11) is 0. The molecule has 7 heteroatoms. The third kappa shape index (κ3) is 4.77. The van der Waals surface area contributed by atoms with Crippen molar-refractivity contribution in [2.24, 2.45) is 0 Å². The predicted octanol–water partition coefficient (Wildman–Crippen LogP) is 5.15. The van der Waals surface area contributed by atoms with Crippen LogP contribution >= 0.6 is 0 Å². The van der Waals surface area contributed by atoms with E-state index in [2.05, 4.69) is 10.4 Å². The molecule has 0 radical (unpaired) electrons. The minimum Gasteiger partial charge on any atom is -0.373 e. The van der Waals surface area contributed by atoms with Crippen LogP contribution in [0.15, 0.2) is 42.6 Å². The maximum Gasteiger partial charge on any atom is 0.257 e. The summed E-state index contributed by atoms with van der Waals surface area (Å²) in [6.07, 6.45) is 0.750. The van der Waals surface area contributed by atoms with E-state index in [0.717, 1.165) is 48.0 Å². The molecule has 4 nitrogen and oxygen atoms in total. The average molecular weight is 432 g/mol. The predicted molar refractivity (Wildman–Crippen MR) is 115 cm³/mol. The van der Waals surface area contributed by atoms with Crippen molar-refractivity contribution in [2.75, 3.05) is 19.7 Å². The number of rotatable bonds is 7. The summed E-state index contributed by atoms with van der Waals surface area (Å²) in [4.78, 5) is 0. The zero-order valence-electron chi connectivity index (χ0n) is 17.9. The normalized spacial score (nSPS) is 17.4. The zero-order chi connectivity index (χ0) is 22.0. The maximum absolute atomic E-state index is 13.5. The molecule has 0 amide bonds. The van der Waals surface area contributed by atoms with Gasteiger partial charge in [-0.1, -0.05) is 18.2 Å². The van der Waals surface area contributed by atoms with Crippen molar-refractivity contribution in [1.82, 2.24) is 15.1 Å². The number of ether oxygens (including phenoxy) is 1. The van der Waals surface area contributed by atoms with E-state index in [4.69, 9.17) is 4.74 Å². The van der Waals surface area contributed by atoms with Gasteiger partial charge in [-0.25, -0.2) is 13.2 Å². The molecule has 166 valence electrons. The van der Waals surface area contributed by atoms with Crippen LogP contribution in [-0.4, -0.2) is 35.9 Å². The minimum absolute atomic E-state index is 0.189. The van der Waals surface area contributed by atoms with Crippen LogP contribution in [0.3, 0.4) is 0 Å². The second-order valence-corrected chi connectivity index (χ2v) is 8.52. The van der Waals surface area contributed by atoms with Gasteiger partial charge in [-0.2, -0.15) is 5.10 Å². The molecule has 3 aromatic rings. The van der Waals surface area contributed by atoms with Crippen molar-refractivity contribution in [3.63, 3.8) is 0 Å². The summed E-state index contributed by atoms with van der Waals surface area (Å²) in [5.41, 5.74) is 3.51. The second kappa shape index (κ2) is 9.01. The van der Waals surface area contributed by atoms with Gasteiger partial charge in [0.05, 0.1) is 18.2 Å². The summed E-state index contributed by atoms with van der Waals surface area (Å²) in [6.45, 7) is 5.77. The van der Waals surface area contributed by atoms with E-state index >= 15 is 0 Å². The number of nitrogens with zero attached hydrogens (tertiary/aromatic N) is 2. The van der Waals surface area contributed by atoms with Gasteiger partial charge in [-0.3, -0.25) is 4.68 Å². The van der Waals surface area contributed by atoms with Crippen LogP contribution in [-0.2, 0) is 16.7 Å². The standard InChI is InChI=1S/C24H28F3N3O/c1-16-11-18-13-30(14-22(26)27)29-23(18)21(12-16)17(2)31-15-24(7-9-28-10-8-24)19-3-5-20(25)6-4-19/h3-6,11-13,17,22,28H,7-10,14-15H2,1-2H3. The number of hydrogen-bond donors (Lipinski definition) is 1. The van der Waals surface area contributed by atoms with Crippen LogP contribution in [0, 0.1) is 12.7 Å². The third-order valence-electron chi connectivity index (χ3n) is 6.22. The van der Waals surface area contributed by atoms with Crippen LogP contribution in [0.4, 0.5) is 13.2 Å². The smallest absolute Gasteiger partial charge is 0.257 e. The average Bonchev–Trinajstić information content (AvgIpc) is 3.13. The molecule has 1 unspecified atom stereocenters. The van der Waals surface area contributed by atoms with E-state index in [1.54, 1.807) is 6.20 Å². The molecular formula is C24H28F3N3O. The van der Waals surface area contributed by atoms with Gasteiger partial charge in [0.25, 0.3) is 6.43 Å². The lowest BCUT2D eigenvalue weighted by molar-refractivity contribution is 0.0172. The number of aromatic nitrogens is 2. The van der Waals surface area contributed by atoms with Crippen molar-refractivity contribution in [3.8, 4) is 0 Å². The quantitative estimate of drug-likeness (QED) is 0.563. The number of piperidine rings is 1. The molecule has 1 atom stereocenters. The molecule has 0 spiro atoms. The fraction of sp³-hybridized carbons (Fsp3) is 0.458.